The van der Waals surface area contributed by atoms with Gasteiger partial charge in [-0.3, -0.25) is 0 Å². The Balaban J connectivity index is 1.92. The molecule has 3 rings (SSSR count). The normalized spacial score (nSPS) is 10.7. The second kappa shape index (κ2) is 6.59. The van der Waals surface area contributed by atoms with Crippen LogP contribution in [0.25, 0.3) is 5.95 Å². The third-order valence-corrected chi connectivity index (χ3v) is 3.95. The summed E-state index contributed by atoms with van der Waals surface area (Å²) in [5.74, 6) is 1.00. The fourth-order valence-electron chi connectivity index (χ4n) is 1.48. The van der Waals surface area contributed by atoms with Gasteiger partial charge in [0.15, 0.2) is 4.34 Å². The molecule has 0 aliphatic carbocycles. The Morgan fingerprint density at radius 2 is 2.29 bits per heavy atom. The molecule has 0 bridgehead atoms. The molecule has 21 heavy (non-hydrogen) atoms. The van der Waals surface area contributed by atoms with Crippen molar-refractivity contribution in [3.05, 3.63) is 24.8 Å². The first-order valence-electron chi connectivity index (χ1n) is 6.29. The summed E-state index contributed by atoms with van der Waals surface area (Å²) in [7, 11) is 0. The van der Waals surface area contributed by atoms with Crippen molar-refractivity contribution in [2.75, 3.05) is 11.9 Å². The van der Waals surface area contributed by atoms with Gasteiger partial charge in [-0.25, -0.2) is 9.67 Å². The van der Waals surface area contributed by atoms with Gasteiger partial charge >= 0.3 is 0 Å². The molecule has 1 N–H and O–H groups in total. The summed E-state index contributed by atoms with van der Waals surface area (Å²) in [6, 6.07) is 1.82. The highest BCUT2D eigenvalue weighted by atomic mass is 32.2. The number of hydrogen-bond donors (Lipinski definition) is 1. The molecule has 3 aromatic heterocycles. The van der Waals surface area contributed by atoms with Crippen molar-refractivity contribution < 1.29 is 0 Å². The Morgan fingerprint density at radius 3 is 3.00 bits per heavy atom. The van der Waals surface area contributed by atoms with Crippen molar-refractivity contribution in [2.24, 2.45) is 0 Å². The van der Waals surface area contributed by atoms with E-state index in [0.29, 0.717) is 17.1 Å². The highest BCUT2D eigenvalue weighted by Crippen LogP contribution is 2.25. The maximum absolute atomic E-state index is 4.40. The first-order valence-corrected chi connectivity index (χ1v) is 7.88. The van der Waals surface area contributed by atoms with E-state index >= 15 is 0 Å². The van der Waals surface area contributed by atoms with E-state index in [-0.39, 0.29) is 0 Å². The first-order chi connectivity index (χ1) is 10.3. The van der Waals surface area contributed by atoms with Crippen LogP contribution in [0.1, 0.15) is 13.3 Å². The van der Waals surface area contributed by atoms with Crippen molar-refractivity contribution in [1.82, 2.24) is 34.1 Å². The summed E-state index contributed by atoms with van der Waals surface area (Å²) in [5, 5.41) is 7.88. The van der Waals surface area contributed by atoms with E-state index in [1.165, 1.54) is 29.6 Å². The zero-order valence-corrected chi connectivity index (χ0v) is 12.8. The van der Waals surface area contributed by atoms with Crippen molar-refractivity contribution in [1.29, 1.82) is 0 Å². The number of rotatable bonds is 6. The maximum Gasteiger partial charge on any atom is 0.256 e. The van der Waals surface area contributed by atoms with Gasteiger partial charge in [0.2, 0.25) is 11.1 Å². The zero-order chi connectivity index (χ0) is 14.5. The molecular formula is C11H12N8S2. The molecule has 0 aliphatic heterocycles. The van der Waals surface area contributed by atoms with Gasteiger partial charge in [0.05, 0.1) is 0 Å². The SMILES string of the molecule is CCCNc1nc(Sc2ncns2)nc(-n2cccn2)n1. The van der Waals surface area contributed by atoms with Crippen LogP contribution in [0.15, 0.2) is 34.3 Å². The summed E-state index contributed by atoms with van der Waals surface area (Å²) in [4.78, 5) is 17.3. The third-order valence-electron chi connectivity index (χ3n) is 2.37. The van der Waals surface area contributed by atoms with Gasteiger partial charge in [-0.2, -0.15) is 24.4 Å². The minimum atomic E-state index is 0.473. The first kappa shape index (κ1) is 13.9. The summed E-state index contributed by atoms with van der Waals surface area (Å²) in [5.41, 5.74) is 0. The van der Waals surface area contributed by atoms with Crippen LogP contribution in [0.4, 0.5) is 5.95 Å². The van der Waals surface area contributed by atoms with Gasteiger partial charge in [0, 0.05) is 18.9 Å². The fraction of sp³-hybridized carbons (Fsp3) is 0.273. The number of anilines is 1. The van der Waals surface area contributed by atoms with E-state index in [0.717, 1.165) is 17.3 Å². The predicted octanol–water partition coefficient (Wildman–Crippen LogP) is 1.88. The lowest BCUT2D eigenvalue weighted by molar-refractivity contribution is 0.758. The number of hydrogen-bond acceptors (Lipinski definition) is 9. The third kappa shape index (κ3) is 3.52. The highest BCUT2D eigenvalue weighted by Gasteiger charge is 2.11. The van der Waals surface area contributed by atoms with Gasteiger partial charge < -0.3 is 5.32 Å². The van der Waals surface area contributed by atoms with Gasteiger partial charge in [0.1, 0.15) is 6.33 Å². The molecule has 0 aromatic carbocycles. The molecule has 8 nitrogen and oxygen atoms in total. The van der Waals surface area contributed by atoms with Crippen LogP contribution in [0, 0.1) is 0 Å². The molecule has 0 aliphatic rings. The standard InChI is InChI=1S/C11H12N8S2/c1-2-4-12-8-16-9(19-6-3-5-14-19)18-10(17-8)20-11-13-7-15-21-11/h3,5-7H,2,4H2,1H3,(H,12,16,17,18). The van der Waals surface area contributed by atoms with Gasteiger partial charge in [0.25, 0.3) is 5.95 Å². The molecule has 0 unspecified atom stereocenters. The lowest BCUT2D eigenvalue weighted by Crippen LogP contribution is -2.10. The lowest BCUT2D eigenvalue weighted by Gasteiger charge is -2.07. The van der Waals surface area contributed by atoms with Crippen molar-refractivity contribution >= 4 is 29.2 Å². The zero-order valence-electron chi connectivity index (χ0n) is 11.2. The van der Waals surface area contributed by atoms with Gasteiger partial charge in [-0.15, -0.1) is 0 Å². The van der Waals surface area contributed by atoms with Crippen molar-refractivity contribution in [2.45, 2.75) is 22.8 Å². The Kier molecular flexibility index (Phi) is 4.36. The van der Waals surface area contributed by atoms with E-state index in [9.17, 15) is 0 Å². The minimum absolute atomic E-state index is 0.473. The Bertz CT molecular complexity index is 682. The molecule has 10 heteroatoms. The quantitative estimate of drug-likeness (QED) is 0.735. The lowest BCUT2D eigenvalue weighted by atomic mass is 10.5. The summed E-state index contributed by atoms with van der Waals surface area (Å²) in [6.45, 7) is 2.88. The molecule has 0 spiro atoms. The monoisotopic (exact) mass is 320 g/mol. The second-order valence-corrected chi connectivity index (χ2v) is 5.92. The average molecular weight is 320 g/mol. The molecule has 0 fully saturated rings. The highest BCUT2D eigenvalue weighted by molar-refractivity contribution is 8.00. The van der Waals surface area contributed by atoms with Crippen LogP contribution in [0.3, 0.4) is 0 Å². The molecule has 3 heterocycles. The second-order valence-electron chi connectivity index (χ2n) is 3.93. The minimum Gasteiger partial charge on any atom is -0.354 e. The smallest absolute Gasteiger partial charge is 0.256 e. The molecule has 0 radical (unpaired) electrons. The number of nitrogens with one attached hydrogen (secondary N) is 1. The Labute approximate surface area is 129 Å². The Morgan fingerprint density at radius 1 is 1.33 bits per heavy atom. The van der Waals surface area contributed by atoms with Crippen LogP contribution in [0.2, 0.25) is 0 Å². The summed E-state index contributed by atoms with van der Waals surface area (Å²) >= 11 is 2.66. The summed E-state index contributed by atoms with van der Waals surface area (Å²) < 4.78 is 6.35. The number of nitrogens with zero attached hydrogens (tertiary/aromatic N) is 7. The van der Waals surface area contributed by atoms with Crippen LogP contribution in [0.5, 0.6) is 0 Å². The van der Waals surface area contributed by atoms with E-state index in [4.69, 9.17) is 0 Å². The largest absolute Gasteiger partial charge is 0.354 e. The topological polar surface area (TPSA) is 94.3 Å². The number of aromatic nitrogens is 7. The van der Waals surface area contributed by atoms with Crippen LogP contribution in [-0.4, -0.2) is 40.6 Å². The molecule has 0 atom stereocenters. The van der Waals surface area contributed by atoms with Crippen LogP contribution in [-0.2, 0) is 0 Å². The predicted molar refractivity (Wildman–Crippen MR) is 79.8 cm³/mol. The molecule has 3 aromatic rings. The average Bonchev–Trinajstić information content (AvgIpc) is 3.18. The van der Waals surface area contributed by atoms with E-state index in [1.807, 2.05) is 6.07 Å². The van der Waals surface area contributed by atoms with Gasteiger partial charge in [-0.05, 0) is 35.8 Å². The molecular weight excluding hydrogens is 308 g/mol. The maximum atomic E-state index is 4.40. The molecule has 0 amide bonds. The van der Waals surface area contributed by atoms with Crippen LogP contribution >= 0.6 is 23.3 Å². The van der Waals surface area contributed by atoms with Crippen molar-refractivity contribution in [3.8, 4) is 5.95 Å². The van der Waals surface area contributed by atoms with E-state index in [1.54, 1.807) is 17.1 Å². The molecule has 108 valence electrons. The molecule has 0 saturated heterocycles. The van der Waals surface area contributed by atoms with Crippen molar-refractivity contribution in [3.63, 3.8) is 0 Å². The Hall–Kier alpha value is -2.07. The van der Waals surface area contributed by atoms with E-state index < -0.39 is 0 Å². The van der Waals surface area contributed by atoms with Crippen LogP contribution < -0.4 is 5.32 Å². The molecule has 0 saturated carbocycles. The van der Waals surface area contributed by atoms with E-state index in [2.05, 4.69) is 41.6 Å². The fourth-order valence-corrected chi connectivity index (χ4v) is 2.78. The summed E-state index contributed by atoms with van der Waals surface area (Å²) in [6.07, 6.45) is 5.97. The van der Waals surface area contributed by atoms with Gasteiger partial charge in [-0.1, -0.05) is 6.92 Å².